The van der Waals surface area contributed by atoms with Crippen LogP contribution in [0.25, 0.3) is 10.9 Å². The summed E-state index contributed by atoms with van der Waals surface area (Å²) in [4.78, 5) is 6.78. The van der Waals surface area contributed by atoms with Gasteiger partial charge in [-0.3, -0.25) is 4.98 Å². The van der Waals surface area contributed by atoms with E-state index >= 15 is 0 Å². The van der Waals surface area contributed by atoms with Crippen molar-refractivity contribution in [3.05, 3.63) is 30.0 Å². The lowest BCUT2D eigenvalue weighted by Gasteiger charge is -2.29. The first-order valence-electron chi connectivity index (χ1n) is 7.32. The van der Waals surface area contributed by atoms with Crippen LogP contribution in [0.5, 0.6) is 0 Å². The van der Waals surface area contributed by atoms with Crippen LogP contribution in [-0.2, 0) is 0 Å². The Balaban J connectivity index is 2.27. The van der Waals surface area contributed by atoms with E-state index in [1.54, 1.807) is 0 Å². The second-order valence-corrected chi connectivity index (χ2v) is 6.84. The van der Waals surface area contributed by atoms with Gasteiger partial charge in [0.2, 0.25) is 0 Å². The lowest BCUT2D eigenvalue weighted by molar-refractivity contribution is 0.254. The maximum Gasteiger partial charge on any atom is 0.0727 e. The average Bonchev–Trinajstić information content (AvgIpc) is 2.35. The number of nitrogen functional groups attached to an aromatic ring is 1. The maximum absolute atomic E-state index is 5.92. The molecule has 0 saturated heterocycles. The number of nitrogens with one attached hydrogen (secondary N) is 1. The van der Waals surface area contributed by atoms with Crippen molar-refractivity contribution in [1.82, 2.24) is 9.88 Å². The Kier molecular flexibility index (Phi) is 4.37. The topological polar surface area (TPSA) is 54.2 Å². The van der Waals surface area contributed by atoms with Crippen LogP contribution in [0, 0.1) is 12.3 Å². The predicted molar refractivity (Wildman–Crippen MR) is 91.7 cm³/mol. The molecule has 0 fully saturated rings. The summed E-state index contributed by atoms with van der Waals surface area (Å²) in [5.41, 5.74) is 9.98. The number of pyridine rings is 1. The molecule has 1 aromatic carbocycles. The third kappa shape index (κ3) is 4.08. The molecule has 4 heteroatoms. The summed E-state index contributed by atoms with van der Waals surface area (Å²) in [5, 5.41) is 4.66. The monoisotopic (exact) mass is 286 g/mol. The van der Waals surface area contributed by atoms with Crippen molar-refractivity contribution in [3.8, 4) is 0 Å². The second-order valence-electron chi connectivity index (χ2n) is 6.84. The summed E-state index contributed by atoms with van der Waals surface area (Å²) in [6.45, 7) is 8.49. The molecular weight excluding hydrogens is 260 g/mol. The van der Waals surface area contributed by atoms with Crippen molar-refractivity contribution in [2.75, 3.05) is 38.2 Å². The summed E-state index contributed by atoms with van der Waals surface area (Å²) >= 11 is 0. The van der Waals surface area contributed by atoms with E-state index in [0.29, 0.717) is 0 Å². The Morgan fingerprint density at radius 3 is 2.62 bits per heavy atom. The summed E-state index contributed by atoms with van der Waals surface area (Å²) in [5.74, 6) is 0. The number of aromatic nitrogens is 1. The highest BCUT2D eigenvalue weighted by atomic mass is 15.1. The summed E-state index contributed by atoms with van der Waals surface area (Å²) in [7, 11) is 4.21. The van der Waals surface area contributed by atoms with Gasteiger partial charge in [-0.2, -0.15) is 0 Å². The number of fused-ring (bicyclic) bond motifs is 1. The molecule has 0 unspecified atom stereocenters. The molecule has 0 aliphatic rings. The van der Waals surface area contributed by atoms with Crippen LogP contribution >= 0.6 is 0 Å². The van der Waals surface area contributed by atoms with Crippen molar-refractivity contribution in [2.24, 2.45) is 5.41 Å². The van der Waals surface area contributed by atoms with E-state index in [1.165, 1.54) is 0 Å². The first kappa shape index (κ1) is 15.6. The van der Waals surface area contributed by atoms with Gasteiger partial charge in [-0.05, 0) is 50.7 Å². The van der Waals surface area contributed by atoms with E-state index in [9.17, 15) is 0 Å². The molecule has 0 radical (unpaired) electrons. The van der Waals surface area contributed by atoms with E-state index in [-0.39, 0.29) is 5.41 Å². The summed E-state index contributed by atoms with van der Waals surface area (Å²) in [6, 6.07) is 7.96. The van der Waals surface area contributed by atoms with Gasteiger partial charge in [0.1, 0.15) is 0 Å². The van der Waals surface area contributed by atoms with Crippen molar-refractivity contribution in [2.45, 2.75) is 20.8 Å². The SMILES string of the molecule is Cc1cc(NCC(C)(C)CN(C)C)c2cc(N)ccc2n1. The number of benzene rings is 1. The van der Waals surface area contributed by atoms with Gasteiger partial charge in [-0.1, -0.05) is 13.8 Å². The fourth-order valence-electron chi connectivity index (χ4n) is 2.77. The number of nitrogens with zero attached hydrogens (tertiary/aromatic N) is 2. The molecule has 21 heavy (non-hydrogen) atoms. The van der Waals surface area contributed by atoms with Gasteiger partial charge in [0.25, 0.3) is 0 Å². The van der Waals surface area contributed by atoms with Crippen LogP contribution in [0.15, 0.2) is 24.3 Å². The predicted octanol–water partition coefficient (Wildman–Crippen LogP) is 3.13. The fraction of sp³-hybridized carbons (Fsp3) is 0.471. The third-order valence-electron chi connectivity index (χ3n) is 3.46. The molecular formula is C17H26N4. The maximum atomic E-state index is 5.92. The van der Waals surface area contributed by atoms with E-state index in [4.69, 9.17) is 5.73 Å². The number of hydrogen-bond acceptors (Lipinski definition) is 4. The minimum absolute atomic E-state index is 0.188. The van der Waals surface area contributed by atoms with Crippen LogP contribution in [-0.4, -0.2) is 37.1 Å². The highest BCUT2D eigenvalue weighted by molar-refractivity contribution is 5.93. The fourth-order valence-corrected chi connectivity index (χ4v) is 2.77. The highest BCUT2D eigenvalue weighted by Gasteiger charge is 2.19. The van der Waals surface area contributed by atoms with Gasteiger partial charge >= 0.3 is 0 Å². The standard InChI is InChI=1S/C17H26N4/c1-12-8-16(19-10-17(2,3)11-21(4)5)14-9-13(18)6-7-15(14)20-12/h6-9H,10-11,18H2,1-5H3,(H,19,20). The van der Waals surface area contributed by atoms with Gasteiger partial charge in [0.05, 0.1) is 5.52 Å². The number of rotatable bonds is 5. The van der Waals surface area contributed by atoms with Crippen LogP contribution in [0.4, 0.5) is 11.4 Å². The van der Waals surface area contributed by atoms with E-state index in [0.717, 1.165) is 41.1 Å². The molecule has 114 valence electrons. The second kappa shape index (κ2) is 5.90. The smallest absolute Gasteiger partial charge is 0.0727 e. The minimum atomic E-state index is 0.188. The Labute approximate surface area is 127 Å². The van der Waals surface area contributed by atoms with Crippen molar-refractivity contribution >= 4 is 22.3 Å². The quantitative estimate of drug-likeness (QED) is 0.829. The molecule has 0 bridgehead atoms. The molecule has 0 aliphatic heterocycles. The molecule has 0 aliphatic carbocycles. The summed E-state index contributed by atoms with van der Waals surface area (Å²) < 4.78 is 0. The van der Waals surface area contributed by atoms with Gasteiger partial charge in [0.15, 0.2) is 0 Å². The van der Waals surface area contributed by atoms with Gasteiger partial charge in [0, 0.05) is 35.5 Å². The molecule has 0 spiro atoms. The van der Waals surface area contributed by atoms with Crippen LogP contribution in [0.2, 0.25) is 0 Å². The largest absolute Gasteiger partial charge is 0.399 e. The first-order chi connectivity index (χ1) is 9.77. The van der Waals surface area contributed by atoms with Gasteiger partial charge < -0.3 is 16.0 Å². The normalized spacial score (nSPS) is 12.1. The number of anilines is 2. The molecule has 1 heterocycles. The molecule has 0 saturated carbocycles. The van der Waals surface area contributed by atoms with Crippen molar-refractivity contribution in [3.63, 3.8) is 0 Å². The average molecular weight is 286 g/mol. The number of hydrogen-bond donors (Lipinski definition) is 2. The molecule has 4 nitrogen and oxygen atoms in total. The number of aryl methyl sites for hydroxylation is 1. The van der Waals surface area contributed by atoms with Crippen molar-refractivity contribution in [1.29, 1.82) is 0 Å². The lowest BCUT2D eigenvalue weighted by atomic mass is 9.92. The molecule has 0 amide bonds. The molecule has 2 rings (SSSR count). The zero-order chi connectivity index (χ0) is 15.6. The lowest BCUT2D eigenvalue weighted by Crippen LogP contribution is -2.34. The molecule has 2 aromatic rings. The highest BCUT2D eigenvalue weighted by Crippen LogP contribution is 2.27. The van der Waals surface area contributed by atoms with E-state index in [1.807, 2.05) is 25.1 Å². The Morgan fingerprint density at radius 2 is 1.95 bits per heavy atom. The van der Waals surface area contributed by atoms with Gasteiger partial charge in [-0.15, -0.1) is 0 Å². The summed E-state index contributed by atoms with van der Waals surface area (Å²) in [6.07, 6.45) is 0. The Morgan fingerprint density at radius 1 is 1.24 bits per heavy atom. The van der Waals surface area contributed by atoms with E-state index < -0.39 is 0 Å². The zero-order valence-electron chi connectivity index (χ0n) is 13.7. The first-order valence-corrected chi connectivity index (χ1v) is 7.32. The van der Waals surface area contributed by atoms with E-state index in [2.05, 4.69) is 49.2 Å². The zero-order valence-corrected chi connectivity index (χ0v) is 13.7. The van der Waals surface area contributed by atoms with Crippen LogP contribution < -0.4 is 11.1 Å². The third-order valence-corrected chi connectivity index (χ3v) is 3.46. The Hall–Kier alpha value is -1.81. The number of nitrogens with two attached hydrogens (primary N) is 1. The van der Waals surface area contributed by atoms with Crippen LogP contribution in [0.1, 0.15) is 19.5 Å². The minimum Gasteiger partial charge on any atom is -0.399 e. The molecule has 3 N–H and O–H groups in total. The van der Waals surface area contributed by atoms with Crippen molar-refractivity contribution < 1.29 is 0 Å². The van der Waals surface area contributed by atoms with Crippen LogP contribution in [0.3, 0.4) is 0 Å². The molecule has 0 atom stereocenters. The molecule has 1 aromatic heterocycles. The van der Waals surface area contributed by atoms with Gasteiger partial charge in [-0.25, -0.2) is 0 Å². The Bertz CT molecular complexity index is 632.